The molecule has 0 N–H and O–H groups in total. The Balaban J connectivity index is 1.70. The van der Waals surface area contributed by atoms with E-state index in [1.165, 1.54) is 0 Å². The second-order valence-corrected chi connectivity index (χ2v) is 5.83. The highest BCUT2D eigenvalue weighted by Crippen LogP contribution is 2.05. The van der Waals surface area contributed by atoms with Crippen LogP contribution >= 0.6 is 0 Å². The van der Waals surface area contributed by atoms with Gasteiger partial charge in [0.25, 0.3) is 0 Å². The van der Waals surface area contributed by atoms with E-state index in [2.05, 4.69) is 9.80 Å². The Morgan fingerprint density at radius 2 is 1.48 bits per heavy atom. The molecule has 2 fully saturated rings. The number of piperazine rings is 1. The lowest BCUT2D eigenvalue weighted by molar-refractivity contribution is -0.136. The van der Waals surface area contributed by atoms with Crippen LogP contribution in [0.25, 0.3) is 0 Å². The van der Waals surface area contributed by atoms with Crippen LogP contribution in [0.2, 0.25) is 0 Å². The highest BCUT2D eigenvalue weighted by molar-refractivity contribution is 5.79. The van der Waals surface area contributed by atoms with Crippen LogP contribution in [0.15, 0.2) is 0 Å². The molecule has 120 valence electrons. The molecular formula is C14H26N4O3. The summed E-state index contributed by atoms with van der Waals surface area (Å²) < 4.78 is 5.29. The zero-order valence-electron chi connectivity index (χ0n) is 13.1. The SMILES string of the molecule is CN(C)C(=O)CN1CCN(C(=O)CN2CCOCC2)CC1. The number of carbonyl (C=O) groups is 2. The van der Waals surface area contributed by atoms with Crippen LogP contribution in [0.1, 0.15) is 0 Å². The molecule has 0 aromatic carbocycles. The predicted molar refractivity (Wildman–Crippen MR) is 79.0 cm³/mol. The molecule has 0 aromatic rings. The number of amides is 2. The predicted octanol–water partition coefficient (Wildman–Crippen LogP) is -1.45. The maximum atomic E-state index is 12.3. The van der Waals surface area contributed by atoms with Crippen molar-refractivity contribution >= 4 is 11.8 Å². The Kier molecular flexibility index (Phi) is 5.96. The van der Waals surface area contributed by atoms with Gasteiger partial charge in [-0.05, 0) is 0 Å². The van der Waals surface area contributed by atoms with Gasteiger partial charge in [-0.2, -0.15) is 0 Å². The highest BCUT2D eigenvalue weighted by atomic mass is 16.5. The number of morpholine rings is 1. The summed E-state index contributed by atoms with van der Waals surface area (Å²) in [5, 5.41) is 0. The summed E-state index contributed by atoms with van der Waals surface area (Å²) in [4.78, 5) is 31.7. The lowest BCUT2D eigenvalue weighted by atomic mass is 10.3. The number of ether oxygens (including phenoxy) is 1. The van der Waals surface area contributed by atoms with Gasteiger partial charge in [0.1, 0.15) is 0 Å². The number of likely N-dealkylation sites (N-methyl/N-ethyl adjacent to an activating group) is 1. The van der Waals surface area contributed by atoms with E-state index in [9.17, 15) is 9.59 Å². The number of hydrogen-bond donors (Lipinski definition) is 0. The van der Waals surface area contributed by atoms with Gasteiger partial charge in [0, 0.05) is 53.4 Å². The summed E-state index contributed by atoms with van der Waals surface area (Å²) in [6.07, 6.45) is 0. The van der Waals surface area contributed by atoms with E-state index >= 15 is 0 Å². The van der Waals surface area contributed by atoms with Gasteiger partial charge >= 0.3 is 0 Å². The Morgan fingerprint density at radius 1 is 0.905 bits per heavy atom. The third-order valence-corrected chi connectivity index (χ3v) is 4.05. The van der Waals surface area contributed by atoms with Gasteiger partial charge in [-0.15, -0.1) is 0 Å². The van der Waals surface area contributed by atoms with Crippen molar-refractivity contribution < 1.29 is 14.3 Å². The molecule has 0 saturated carbocycles. The Hall–Kier alpha value is -1.18. The minimum absolute atomic E-state index is 0.114. The standard InChI is InChI=1S/C14H26N4O3/c1-15(2)13(19)11-16-3-5-18(6-4-16)14(20)12-17-7-9-21-10-8-17/h3-12H2,1-2H3. The molecule has 21 heavy (non-hydrogen) atoms. The van der Waals surface area contributed by atoms with E-state index < -0.39 is 0 Å². The molecule has 7 nitrogen and oxygen atoms in total. The van der Waals surface area contributed by atoms with Crippen LogP contribution in [-0.2, 0) is 14.3 Å². The number of carbonyl (C=O) groups excluding carboxylic acids is 2. The fourth-order valence-electron chi connectivity index (χ4n) is 2.54. The van der Waals surface area contributed by atoms with Gasteiger partial charge in [0.2, 0.25) is 11.8 Å². The molecule has 0 radical (unpaired) electrons. The van der Waals surface area contributed by atoms with Gasteiger partial charge in [-0.1, -0.05) is 0 Å². The zero-order chi connectivity index (χ0) is 15.2. The summed E-state index contributed by atoms with van der Waals surface area (Å²) in [6, 6.07) is 0. The average molecular weight is 298 g/mol. The van der Waals surface area contributed by atoms with Gasteiger partial charge in [0.15, 0.2) is 0 Å². The van der Waals surface area contributed by atoms with E-state index in [-0.39, 0.29) is 11.8 Å². The van der Waals surface area contributed by atoms with Crippen molar-refractivity contribution in [1.29, 1.82) is 0 Å². The molecule has 7 heteroatoms. The van der Waals surface area contributed by atoms with Crippen molar-refractivity contribution in [2.45, 2.75) is 0 Å². The molecule has 2 amide bonds. The largest absolute Gasteiger partial charge is 0.379 e. The van der Waals surface area contributed by atoms with E-state index in [0.29, 0.717) is 39.4 Å². The van der Waals surface area contributed by atoms with Gasteiger partial charge in [-0.3, -0.25) is 19.4 Å². The van der Waals surface area contributed by atoms with Crippen LogP contribution in [0.3, 0.4) is 0 Å². The lowest BCUT2D eigenvalue weighted by Gasteiger charge is -2.36. The van der Waals surface area contributed by atoms with Gasteiger partial charge in [0.05, 0.1) is 26.3 Å². The fourth-order valence-corrected chi connectivity index (χ4v) is 2.54. The molecule has 2 aliphatic rings. The van der Waals surface area contributed by atoms with Crippen molar-refractivity contribution in [1.82, 2.24) is 19.6 Å². The topological polar surface area (TPSA) is 56.3 Å². The molecule has 2 saturated heterocycles. The van der Waals surface area contributed by atoms with Crippen LogP contribution < -0.4 is 0 Å². The van der Waals surface area contributed by atoms with E-state index in [1.54, 1.807) is 19.0 Å². The number of nitrogens with zero attached hydrogens (tertiary/aromatic N) is 4. The van der Waals surface area contributed by atoms with Gasteiger partial charge < -0.3 is 14.5 Å². The minimum atomic E-state index is 0.114. The fraction of sp³-hybridized carbons (Fsp3) is 0.857. The van der Waals surface area contributed by atoms with E-state index in [4.69, 9.17) is 4.74 Å². The summed E-state index contributed by atoms with van der Waals surface area (Å²) >= 11 is 0. The molecule has 2 aliphatic heterocycles. The van der Waals surface area contributed by atoms with Crippen molar-refractivity contribution in [3.05, 3.63) is 0 Å². The molecule has 0 spiro atoms. The molecule has 0 aliphatic carbocycles. The third-order valence-electron chi connectivity index (χ3n) is 4.05. The summed E-state index contributed by atoms with van der Waals surface area (Å²) in [7, 11) is 3.54. The van der Waals surface area contributed by atoms with Crippen LogP contribution in [0, 0.1) is 0 Å². The molecule has 2 heterocycles. The first-order chi connectivity index (χ1) is 10.1. The highest BCUT2D eigenvalue weighted by Gasteiger charge is 2.24. The third kappa shape index (κ3) is 4.94. The maximum Gasteiger partial charge on any atom is 0.236 e. The molecule has 2 rings (SSSR count). The normalized spacial score (nSPS) is 21.3. The summed E-state index contributed by atoms with van der Waals surface area (Å²) in [5.74, 6) is 0.304. The Labute approximate surface area is 126 Å². The van der Waals surface area contributed by atoms with Crippen molar-refractivity contribution in [2.24, 2.45) is 0 Å². The van der Waals surface area contributed by atoms with Crippen LogP contribution in [-0.4, -0.2) is 111 Å². The second kappa shape index (κ2) is 7.72. The average Bonchev–Trinajstić information content (AvgIpc) is 2.48. The number of hydrogen-bond acceptors (Lipinski definition) is 5. The zero-order valence-corrected chi connectivity index (χ0v) is 13.1. The molecule has 0 bridgehead atoms. The molecular weight excluding hydrogens is 272 g/mol. The van der Waals surface area contributed by atoms with Crippen molar-refractivity contribution in [3.8, 4) is 0 Å². The lowest BCUT2D eigenvalue weighted by Crippen LogP contribution is -2.53. The minimum Gasteiger partial charge on any atom is -0.379 e. The first kappa shape index (κ1) is 16.2. The monoisotopic (exact) mass is 298 g/mol. The summed E-state index contributed by atoms with van der Waals surface area (Å²) in [6.45, 7) is 7.00. The quantitative estimate of drug-likeness (QED) is 0.636. The van der Waals surface area contributed by atoms with Crippen molar-refractivity contribution in [3.63, 3.8) is 0 Å². The maximum absolute atomic E-state index is 12.3. The van der Waals surface area contributed by atoms with E-state index in [1.807, 2.05) is 4.90 Å². The summed E-state index contributed by atoms with van der Waals surface area (Å²) in [5.41, 5.74) is 0. The van der Waals surface area contributed by atoms with Crippen LogP contribution in [0.5, 0.6) is 0 Å². The Bertz CT molecular complexity index is 361. The van der Waals surface area contributed by atoms with Crippen LogP contribution in [0.4, 0.5) is 0 Å². The van der Waals surface area contributed by atoms with E-state index in [0.717, 1.165) is 26.2 Å². The first-order valence-corrected chi connectivity index (χ1v) is 7.56. The Morgan fingerprint density at radius 3 is 2.05 bits per heavy atom. The van der Waals surface area contributed by atoms with Crippen molar-refractivity contribution in [2.75, 3.05) is 79.7 Å². The number of rotatable bonds is 4. The smallest absolute Gasteiger partial charge is 0.236 e. The molecule has 0 atom stereocenters. The second-order valence-electron chi connectivity index (χ2n) is 5.83. The first-order valence-electron chi connectivity index (χ1n) is 7.56. The molecule has 0 aromatic heterocycles. The molecule has 0 unspecified atom stereocenters. The van der Waals surface area contributed by atoms with Gasteiger partial charge in [-0.25, -0.2) is 0 Å².